The Morgan fingerprint density at radius 1 is 1.07 bits per heavy atom. The number of rotatable bonds is 6. The third kappa shape index (κ3) is 4.56. The number of carbonyl (C=O) groups excluding carboxylic acids is 1. The van der Waals surface area contributed by atoms with Gasteiger partial charge in [0.1, 0.15) is 11.6 Å². The molecule has 2 aromatic carbocycles. The van der Waals surface area contributed by atoms with Crippen LogP contribution in [0.25, 0.3) is 0 Å². The fourth-order valence-electron chi connectivity index (χ4n) is 2.59. The summed E-state index contributed by atoms with van der Waals surface area (Å²) in [6.45, 7) is 0. The summed E-state index contributed by atoms with van der Waals surface area (Å²) in [5.41, 5.74) is 1.92. The SMILES string of the molecule is O=C(NC1CC1)c1ccccc1Nc1nc(Nc2ccc(F)cc2)ncc1I. The number of para-hydroxylation sites is 1. The summed E-state index contributed by atoms with van der Waals surface area (Å²) in [5.74, 6) is 0.540. The fraction of sp³-hybridized carbons (Fsp3) is 0.150. The second-order valence-corrected chi connectivity index (χ2v) is 7.60. The van der Waals surface area contributed by atoms with E-state index in [1.165, 1.54) is 12.1 Å². The van der Waals surface area contributed by atoms with Crippen molar-refractivity contribution in [3.05, 3.63) is 69.7 Å². The minimum Gasteiger partial charge on any atom is -0.349 e. The molecule has 1 heterocycles. The molecule has 8 heteroatoms. The van der Waals surface area contributed by atoms with Crippen LogP contribution in [0.3, 0.4) is 0 Å². The molecule has 1 amide bonds. The van der Waals surface area contributed by atoms with Crippen molar-refractivity contribution in [1.29, 1.82) is 0 Å². The normalized spacial score (nSPS) is 13.1. The zero-order chi connectivity index (χ0) is 19.5. The van der Waals surface area contributed by atoms with Crippen LogP contribution < -0.4 is 16.0 Å². The van der Waals surface area contributed by atoms with Crippen LogP contribution in [0.1, 0.15) is 23.2 Å². The molecule has 0 bridgehead atoms. The molecule has 1 aliphatic rings. The van der Waals surface area contributed by atoms with Gasteiger partial charge >= 0.3 is 0 Å². The molecule has 0 aliphatic heterocycles. The van der Waals surface area contributed by atoms with Crippen LogP contribution in [0.15, 0.2) is 54.7 Å². The number of hydrogen-bond donors (Lipinski definition) is 3. The molecule has 1 aliphatic carbocycles. The number of benzene rings is 2. The van der Waals surface area contributed by atoms with Crippen LogP contribution in [0.2, 0.25) is 0 Å². The molecular weight excluding hydrogens is 472 g/mol. The summed E-state index contributed by atoms with van der Waals surface area (Å²) in [7, 11) is 0. The Kier molecular flexibility index (Phi) is 5.38. The number of nitrogens with one attached hydrogen (secondary N) is 3. The van der Waals surface area contributed by atoms with Crippen molar-refractivity contribution in [3.63, 3.8) is 0 Å². The average molecular weight is 489 g/mol. The molecule has 142 valence electrons. The molecule has 3 aromatic rings. The number of nitrogens with zero attached hydrogens (tertiary/aromatic N) is 2. The molecule has 4 rings (SSSR count). The van der Waals surface area contributed by atoms with E-state index in [9.17, 15) is 9.18 Å². The van der Waals surface area contributed by atoms with Crippen molar-refractivity contribution in [2.45, 2.75) is 18.9 Å². The largest absolute Gasteiger partial charge is 0.349 e. The lowest BCUT2D eigenvalue weighted by Gasteiger charge is -2.13. The van der Waals surface area contributed by atoms with Crippen molar-refractivity contribution in [2.75, 3.05) is 10.6 Å². The number of carbonyl (C=O) groups is 1. The van der Waals surface area contributed by atoms with Gasteiger partial charge in [0.25, 0.3) is 5.91 Å². The van der Waals surface area contributed by atoms with E-state index in [0.29, 0.717) is 28.7 Å². The minimum absolute atomic E-state index is 0.0978. The van der Waals surface area contributed by atoms with Gasteiger partial charge in [-0.15, -0.1) is 0 Å². The van der Waals surface area contributed by atoms with Gasteiger partial charge in [-0.25, -0.2) is 9.37 Å². The van der Waals surface area contributed by atoms with Crippen LogP contribution in [-0.4, -0.2) is 21.9 Å². The standard InChI is InChI=1S/C20H17FIN5O/c21-12-5-7-14(8-6-12)25-20-23-11-16(22)18(27-20)26-17-4-2-1-3-15(17)19(28)24-13-9-10-13/h1-8,11,13H,9-10H2,(H,24,28)(H2,23,25,26,27). The van der Waals surface area contributed by atoms with Gasteiger partial charge in [-0.1, -0.05) is 12.1 Å². The molecule has 0 radical (unpaired) electrons. The van der Waals surface area contributed by atoms with Gasteiger partial charge in [0.2, 0.25) is 5.95 Å². The number of halogens is 2. The third-order valence-corrected chi connectivity index (χ3v) is 4.97. The van der Waals surface area contributed by atoms with E-state index >= 15 is 0 Å². The Balaban J connectivity index is 1.56. The molecule has 0 unspecified atom stereocenters. The topological polar surface area (TPSA) is 78.9 Å². The number of aromatic nitrogens is 2. The highest BCUT2D eigenvalue weighted by Gasteiger charge is 2.25. The van der Waals surface area contributed by atoms with Crippen molar-refractivity contribution >= 4 is 51.6 Å². The number of amides is 1. The predicted molar refractivity (Wildman–Crippen MR) is 115 cm³/mol. The first-order valence-electron chi connectivity index (χ1n) is 8.80. The van der Waals surface area contributed by atoms with Gasteiger partial charge in [0, 0.05) is 17.9 Å². The Morgan fingerprint density at radius 3 is 2.57 bits per heavy atom. The smallest absolute Gasteiger partial charge is 0.253 e. The second-order valence-electron chi connectivity index (χ2n) is 6.44. The summed E-state index contributed by atoms with van der Waals surface area (Å²) in [6, 6.07) is 13.6. The van der Waals surface area contributed by atoms with Crippen molar-refractivity contribution in [3.8, 4) is 0 Å². The molecule has 28 heavy (non-hydrogen) atoms. The van der Waals surface area contributed by atoms with Crippen LogP contribution >= 0.6 is 22.6 Å². The zero-order valence-electron chi connectivity index (χ0n) is 14.7. The lowest BCUT2D eigenvalue weighted by atomic mass is 10.1. The molecule has 1 fully saturated rings. The van der Waals surface area contributed by atoms with Gasteiger partial charge in [0.05, 0.1) is 14.8 Å². The number of hydrogen-bond acceptors (Lipinski definition) is 5. The highest BCUT2D eigenvalue weighted by atomic mass is 127. The number of anilines is 4. The Labute approximate surface area is 175 Å². The summed E-state index contributed by atoms with van der Waals surface area (Å²) >= 11 is 2.13. The summed E-state index contributed by atoms with van der Waals surface area (Å²) in [5, 5.41) is 9.28. The van der Waals surface area contributed by atoms with Gasteiger partial charge in [-0.2, -0.15) is 4.98 Å². The molecule has 0 saturated heterocycles. The zero-order valence-corrected chi connectivity index (χ0v) is 16.9. The minimum atomic E-state index is -0.308. The molecule has 3 N–H and O–H groups in total. The Hall–Kier alpha value is -2.75. The molecule has 6 nitrogen and oxygen atoms in total. The monoisotopic (exact) mass is 489 g/mol. The highest BCUT2D eigenvalue weighted by molar-refractivity contribution is 14.1. The third-order valence-electron chi connectivity index (χ3n) is 4.18. The lowest BCUT2D eigenvalue weighted by molar-refractivity contribution is 0.0952. The molecule has 0 atom stereocenters. The Morgan fingerprint density at radius 2 is 1.82 bits per heavy atom. The van der Waals surface area contributed by atoms with Crippen molar-refractivity contribution in [2.24, 2.45) is 0 Å². The lowest BCUT2D eigenvalue weighted by Crippen LogP contribution is -2.26. The van der Waals surface area contributed by atoms with E-state index < -0.39 is 0 Å². The van der Waals surface area contributed by atoms with Gasteiger partial charge in [-0.3, -0.25) is 4.79 Å². The predicted octanol–water partition coefficient (Wildman–Crippen LogP) is 4.60. The van der Waals surface area contributed by atoms with E-state index in [2.05, 4.69) is 48.5 Å². The molecular formula is C20H17FIN5O. The van der Waals surface area contributed by atoms with Crippen molar-refractivity contribution < 1.29 is 9.18 Å². The van der Waals surface area contributed by atoms with Crippen LogP contribution in [0.4, 0.5) is 27.5 Å². The first-order chi connectivity index (χ1) is 13.6. The maximum absolute atomic E-state index is 13.1. The maximum atomic E-state index is 13.1. The Bertz CT molecular complexity index is 1010. The van der Waals surface area contributed by atoms with Gasteiger partial charge in [-0.05, 0) is 71.8 Å². The van der Waals surface area contributed by atoms with E-state index in [1.807, 2.05) is 18.2 Å². The average Bonchev–Trinajstić information content (AvgIpc) is 3.50. The van der Waals surface area contributed by atoms with E-state index in [4.69, 9.17) is 0 Å². The van der Waals surface area contributed by atoms with Gasteiger partial charge in [0.15, 0.2) is 0 Å². The van der Waals surface area contributed by atoms with Crippen LogP contribution in [0.5, 0.6) is 0 Å². The van der Waals surface area contributed by atoms with E-state index in [1.54, 1.807) is 24.4 Å². The second kappa shape index (κ2) is 8.09. The molecule has 1 aromatic heterocycles. The van der Waals surface area contributed by atoms with E-state index in [-0.39, 0.29) is 17.8 Å². The fourth-order valence-corrected chi connectivity index (χ4v) is 2.98. The maximum Gasteiger partial charge on any atom is 0.253 e. The van der Waals surface area contributed by atoms with Gasteiger partial charge < -0.3 is 16.0 Å². The summed E-state index contributed by atoms with van der Waals surface area (Å²) in [4.78, 5) is 21.3. The van der Waals surface area contributed by atoms with Crippen LogP contribution in [-0.2, 0) is 0 Å². The first-order valence-corrected chi connectivity index (χ1v) is 9.88. The molecule has 0 spiro atoms. The molecule has 1 saturated carbocycles. The van der Waals surface area contributed by atoms with Crippen molar-refractivity contribution in [1.82, 2.24) is 15.3 Å². The van der Waals surface area contributed by atoms with E-state index in [0.717, 1.165) is 16.4 Å². The first kappa shape index (κ1) is 18.6. The highest BCUT2D eigenvalue weighted by Crippen LogP contribution is 2.26. The summed E-state index contributed by atoms with van der Waals surface area (Å²) in [6.07, 6.45) is 3.74. The summed E-state index contributed by atoms with van der Waals surface area (Å²) < 4.78 is 13.9. The quantitative estimate of drug-likeness (QED) is 0.442. The van der Waals surface area contributed by atoms with Crippen LogP contribution in [0, 0.1) is 9.39 Å².